The number of aliphatic carboxylic acids is 1. The van der Waals surface area contributed by atoms with E-state index in [4.69, 9.17) is 0 Å². The van der Waals surface area contributed by atoms with Gasteiger partial charge in [0.25, 0.3) is 0 Å². The molecule has 2 aliphatic rings. The second-order valence-corrected chi connectivity index (χ2v) is 4.36. The topological polar surface area (TPSA) is 37.3 Å². The van der Waals surface area contributed by atoms with E-state index >= 15 is 0 Å². The zero-order chi connectivity index (χ0) is 9.47. The van der Waals surface area contributed by atoms with E-state index in [1.54, 1.807) is 0 Å². The maximum atomic E-state index is 11.2. The van der Waals surface area contributed by atoms with E-state index in [-0.39, 0.29) is 0 Å². The lowest BCUT2D eigenvalue weighted by molar-refractivity contribution is -0.142. The minimum absolute atomic E-state index is 0.356. The average molecular weight is 180 g/mol. The molecule has 0 radical (unpaired) electrons. The molecule has 2 atom stereocenters. The molecule has 72 valence electrons. The molecule has 13 heavy (non-hydrogen) atoms. The fourth-order valence-electron chi connectivity index (χ4n) is 2.55. The molecule has 1 N–H and O–H groups in total. The van der Waals surface area contributed by atoms with Crippen LogP contribution in [-0.2, 0) is 4.79 Å². The summed E-state index contributed by atoms with van der Waals surface area (Å²) in [7, 11) is 0. The summed E-state index contributed by atoms with van der Waals surface area (Å²) < 4.78 is 0. The Kier molecular flexibility index (Phi) is 1.94. The normalized spacial score (nSPS) is 38.2. The van der Waals surface area contributed by atoms with Crippen molar-refractivity contribution < 1.29 is 9.90 Å². The number of carbonyl (C=O) groups is 1. The highest BCUT2D eigenvalue weighted by molar-refractivity contribution is 5.82. The number of hydrogen-bond acceptors (Lipinski definition) is 1. The number of allylic oxidation sites excluding steroid dienone is 1. The quantitative estimate of drug-likeness (QED) is 0.663. The van der Waals surface area contributed by atoms with Gasteiger partial charge in [0.1, 0.15) is 0 Å². The molecule has 2 aliphatic carbocycles. The van der Waals surface area contributed by atoms with Crippen LogP contribution in [0.1, 0.15) is 39.0 Å². The van der Waals surface area contributed by atoms with Gasteiger partial charge in [-0.05, 0) is 38.0 Å². The van der Waals surface area contributed by atoms with Crippen LogP contribution < -0.4 is 0 Å². The highest BCUT2D eigenvalue weighted by Crippen LogP contribution is 2.59. The molecule has 0 heterocycles. The minimum atomic E-state index is -0.604. The molecular formula is C11H16O2. The van der Waals surface area contributed by atoms with Crippen molar-refractivity contribution in [3.05, 3.63) is 11.6 Å². The summed E-state index contributed by atoms with van der Waals surface area (Å²) in [5.74, 6) is -0.248. The summed E-state index contributed by atoms with van der Waals surface area (Å²) in [5.41, 5.74) is 0.763. The van der Waals surface area contributed by atoms with Crippen molar-refractivity contribution >= 4 is 5.97 Å². The summed E-state index contributed by atoms with van der Waals surface area (Å²) in [5, 5.41) is 9.19. The van der Waals surface area contributed by atoms with Gasteiger partial charge in [0, 0.05) is 0 Å². The molecule has 2 rings (SSSR count). The third-order valence-electron chi connectivity index (χ3n) is 3.55. The molecule has 0 aromatic rings. The molecule has 2 nitrogen and oxygen atoms in total. The lowest BCUT2D eigenvalue weighted by Crippen LogP contribution is -2.21. The Labute approximate surface area is 78.6 Å². The van der Waals surface area contributed by atoms with Crippen LogP contribution in [0.5, 0.6) is 0 Å². The molecule has 0 saturated heterocycles. The first kappa shape index (κ1) is 8.79. The van der Waals surface area contributed by atoms with E-state index < -0.39 is 11.4 Å². The lowest BCUT2D eigenvalue weighted by atomic mass is 9.85. The molecule has 1 saturated carbocycles. The molecule has 0 bridgehead atoms. The van der Waals surface area contributed by atoms with Crippen LogP contribution in [0.15, 0.2) is 11.6 Å². The number of carboxylic acid groups (broad SMARTS) is 1. The Hall–Kier alpha value is -0.790. The zero-order valence-electron chi connectivity index (χ0n) is 8.05. The average Bonchev–Trinajstić information content (AvgIpc) is 2.80. The van der Waals surface area contributed by atoms with Crippen LogP contribution in [-0.4, -0.2) is 11.1 Å². The predicted octanol–water partition coefficient (Wildman–Crippen LogP) is 2.60. The van der Waals surface area contributed by atoms with Gasteiger partial charge in [-0.15, -0.1) is 0 Å². The molecule has 0 amide bonds. The first-order valence-electron chi connectivity index (χ1n) is 5.11. The van der Waals surface area contributed by atoms with E-state index in [1.807, 2.05) is 6.92 Å². The van der Waals surface area contributed by atoms with Gasteiger partial charge in [0.05, 0.1) is 5.41 Å². The van der Waals surface area contributed by atoms with Gasteiger partial charge < -0.3 is 5.11 Å². The Balaban J connectivity index is 2.22. The van der Waals surface area contributed by atoms with Crippen molar-refractivity contribution in [2.24, 2.45) is 11.3 Å². The molecule has 0 aliphatic heterocycles. The van der Waals surface area contributed by atoms with E-state index in [0.717, 1.165) is 19.3 Å². The van der Waals surface area contributed by atoms with Crippen LogP contribution in [0.25, 0.3) is 0 Å². The summed E-state index contributed by atoms with van der Waals surface area (Å²) in [6.45, 7) is 2.05. The van der Waals surface area contributed by atoms with Crippen molar-refractivity contribution in [3.63, 3.8) is 0 Å². The molecule has 0 aromatic carbocycles. The van der Waals surface area contributed by atoms with Crippen LogP contribution in [0.4, 0.5) is 0 Å². The van der Waals surface area contributed by atoms with E-state index in [9.17, 15) is 9.90 Å². The second-order valence-electron chi connectivity index (χ2n) is 4.36. The Bertz CT molecular complexity index is 267. The second kappa shape index (κ2) is 2.86. The van der Waals surface area contributed by atoms with Gasteiger partial charge in [0.2, 0.25) is 0 Å². The van der Waals surface area contributed by atoms with Crippen molar-refractivity contribution in [2.75, 3.05) is 0 Å². The zero-order valence-corrected chi connectivity index (χ0v) is 8.05. The standard InChI is InChI=1S/C11H16O2/c1-8-7-11(8,10(12)13)9-5-3-2-4-6-9/h5,8H,2-4,6-7H2,1H3,(H,12,13). The molecular weight excluding hydrogens is 164 g/mol. The van der Waals surface area contributed by atoms with Gasteiger partial charge in [0.15, 0.2) is 0 Å². The first-order chi connectivity index (χ1) is 6.18. The van der Waals surface area contributed by atoms with Crippen molar-refractivity contribution in [2.45, 2.75) is 39.0 Å². The Morgan fingerprint density at radius 3 is 2.69 bits per heavy atom. The van der Waals surface area contributed by atoms with Gasteiger partial charge in [-0.1, -0.05) is 18.6 Å². The molecule has 2 heteroatoms. The van der Waals surface area contributed by atoms with Crippen molar-refractivity contribution in [1.29, 1.82) is 0 Å². The lowest BCUT2D eigenvalue weighted by Gasteiger charge is -2.19. The van der Waals surface area contributed by atoms with E-state index in [1.165, 1.54) is 18.4 Å². The van der Waals surface area contributed by atoms with Crippen LogP contribution in [0.2, 0.25) is 0 Å². The number of carboxylic acids is 1. The molecule has 0 aromatic heterocycles. The van der Waals surface area contributed by atoms with E-state index in [2.05, 4.69) is 6.08 Å². The monoisotopic (exact) mass is 180 g/mol. The smallest absolute Gasteiger partial charge is 0.314 e. The molecule has 0 spiro atoms. The highest BCUT2D eigenvalue weighted by atomic mass is 16.4. The van der Waals surface area contributed by atoms with Crippen LogP contribution >= 0.6 is 0 Å². The van der Waals surface area contributed by atoms with Crippen LogP contribution in [0.3, 0.4) is 0 Å². The summed E-state index contributed by atoms with van der Waals surface area (Å²) in [4.78, 5) is 11.2. The minimum Gasteiger partial charge on any atom is -0.481 e. The largest absolute Gasteiger partial charge is 0.481 e. The highest BCUT2D eigenvalue weighted by Gasteiger charge is 2.59. The summed E-state index contributed by atoms with van der Waals surface area (Å²) >= 11 is 0. The Morgan fingerprint density at radius 1 is 1.62 bits per heavy atom. The maximum absolute atomic E-state index is 11.2. The fourth-order valence-corrected chi connectivity index (χ4v) is 2.55. The van der Waals surface area contributed by atoms with Crippen LogP contribution in [0, 0.1) is 11.3 Å². The summed E-state index contributed by atoms with van der Waals surface area (Å²) in [6, 6.07) is 0. The Morgan fingerprint density at radius 2 is 2.31 bits per heavy atom. The van der Waals surface area contributed by atoms with Gasteiger partial charge in [-0.25, -0.2) is 0 Å². The van der Waals surface area contributed by atoms with Crippen molar-refractivity contribution in [3.8, 4) is 0 Å². The van der Waals surface area contributed by atoms with Gasteiger partial charge in [-0.3, -0.25) is 4.79 Å². The molecule has 2 unspecified atom stereocenters. The number of hydrogen-bond donors (Lipinski definition) is 1. The van der Waals surface area contributed by atoms with Crippen molar-refractivity contribution in [1.82, 2.24) is 0 Å². The molecule has 1 fully saturated rings. The predicted molar refractivity (Wildman–Crippen MR) is 50.4 cm³/mol. The van der Waals surface area contributed by atoms with Gasteiger partial charge >= 0.3 is 5.97 Å². The SMILES string of the molecule is CC1CC1(C(=O)O)C1=CCCCC1. The third kappa shape index (κ3) is 1.19. The number of rotatable bonds is 2. The first-order valence-corrected chi connectivity index (χ1v) is 5.11. The fraction of sp³-hybridized carbons (Fsp3) is 0.727. The maximum Gasteiger partial charge on any atom is 0.314 e. The van der Waals surface area contributed by atoms with E-state index in [0.29, 0.717) is 5.92 Å². The summed E-state index contributed by atoms with van der Waals surface area (Å²) in [6.07, 6.45) is 7.52. The van der Waals surface area contributed by atoms with Gasteiger partial charge in [-0.2, -0.15) is 0 Å². The third-order valence-corrected chi connectivity index (χ3v) is 3.55.